The number of amides is 2. The van der Waals surface area contributed by atoms with Crippen LogP contribution >= 0.6 is 0 Å². The number of aliphatic carboxylic acids is 1. The first-order chi connectivity index (χ1) is 10.9. The number of carbonyl (C=O) groups excluding carboxylic acids is 1. The van der Waals surface area contributed by atoms with E-state index in [1.807, 2.05) is 24.3 Å². The third kappa shape index (κ3) is 7.01. The van der Waals surface area contributed by atoms with Gasteiger partial charge in [-0.1, -0.05) is 19.1 Å². The van der Waals surface area contributed by atoms with Crippen molar-refractivity contribution in [3.05, 3.63) is 29.8 Å². The van der Waals surface area contributed by atoms with Gasteiger partial charge in [0.2, 0.25) is 0 Å². The Hall–Kier alpha value is -2.28. The highest BCUT2D eigenvalue weighted by Gasteiger charge is 2.16. The molecule has 0 heterocycles. The minimum absolute atomic E-state index is 0.160. The zero-order valence-electron chi connectivity index (χ0n) is 13.7. The molecule has 0 fully saturated rings. The van der Waals surface area contributed by atoms with E-state index in [9.17, 15) is 9.59 Å². The predicted octanol–water partition coefficient (Wildman–Crippen LogP) is 1.57. The Balaban J connectivity index is 2.39. The molecule has 0 saturated heterocycles. The molecule has 0 radical (unpaired) electrons. The van der Waals surface area contributed by atoms with Crippen LogP contribution in [-0.2, 0) is 16.1 Å². The average molecular weight is 324 g/mol. The highest BCUT2D eigenvalue weighted by atomic mass is 16.5. The van der Waals surface area contributed by atoms with Gasteiger partial charge in [-0.05, 0) is 17.7 Å². The first kappa shape index (κ1) is 18.8. The predicted molar refractivity (Wildman–Crippen MR) is 85.5 cm³/mol. The molecule has 0 aromatic heterocycles. The minimum Gasteiger partial charge on any atom is -0.491 e. The molecule has 0 aliphatic rings. The van der Waals surface area contributed by atoms with Crippen LogP contribution in [-0.4, -0.2) is 55.9 Å². The van der Waals surface area contributed by atoms with Crippen LogP contribution in [0.2, 0.25) is 0 Å². The first-order valence-corrected chi connectivity index (χ1v) is 7.36. The Kier molecular flexibility index (Phi) is 7.90. The van der Waals surface area contributed by atoms with Gasteiger partial charge in [0, 0.05) is 27.2 Å². The summed E-state index contributed by atoms with van der Waals surface area (Å²) in [4.78, 5) is 24.0. The van der Waals surface area contributed by atoms with Crippen LogP contribution in [0.25, 0.3) is 0 Å². The van der Waals surface area contributed by atoms with Gasteiger partial charge in [0.15, 0.2) is 0 Å². The molecule has 2 amide bonds. The number of nitrogens with one attached hydrogen (secondary N) is 1. The summed E-state index contributed by atoms with van der Waals surface area (Å²) in [5.74, 6) is -0.785. The maximum absolute atomic E-state index is 11.9. The summed E-state index contributed by atoms with van der Waals surface area (Å²) < 4.78 is 10.4. The summed E-state index contributed by atoms with van der Waals surface area (Å²) in [5, 5.41) is 11.6. The highest BCUT2D eigenvalue weighted by molar-refractivity contribution is 5.75. The molecule has 1 atom stereocenters. The number of rotatable bonds is 9. The van der Waals surface area contributed by atoms with Gasteiger partial charge in [-0.3, -0.25) is 4.79 Å². The standard InChI is InChI=1S/C16H24N2O5/c1-12(15(19)20)11-18(2)16(21)17-10-13-4-6-14(7-5-13)23-9-8-22-3/h4-7,12H,8-11H2,1-3H3,(H,17,21)(H,19,20). The van der Waals surface area contributed by atoms with Crippen molar-refractivity contribution in [1.29, 1.82) is 0 Å². The SMILES string of the molecule is COCCOc1ccc(CNC(=O)N(C)CC(C)C(=O)O)cc1. The maximum Gasteiger partial charge on any atom is 0.317 e. The van der Waals surface area contributed by atoms with Crippen molar-refractivity contribution in [3.8, 4) is 5.75 Å². The third-order valence-corrected chi connectivity index (χ3v) is 3.24. The Bertz CT molecular complexity index is 504. The van der Waals surface area contributed by atoms with E-state index in [-0.39, 0.29) is 12.6 Å². The van der Waals surface area contributed by atoms with Crippen molar-refractivity contribution < 1.29 is 24.2 Å². The van der Waals surface area contributed by atoms with E-state index >= 15 is 0 Å². The molecule has 7 nitrogen and oxygen atoms in total. The largest absolute Gasteiger partial charge is 0.491 e. The number of carboxylic acid groups (broad SMARTS) is 1. The van der Waals surface area contributed by atoms with Crippen LogP contribution in [0.4, 0.5) is 4.79 Å². The van der Waals surface area contributed by atoms with Crippen molar-refractivity contribution in [2.24, 2.45) is 5.92 Å². The Morgan fingerprint density at radius 2 is 1.91 bits per heavy atom. The Morgan fingerprint density at radius 3 is 2.48 bits per heavy atom. The number of carboxylic acids is 1. The van der Waals surface area contributed by atoms with Gasteiger partial charge < -0.3 is 24.8 Å². The van der Waals surface area contributed by atoms with Crippen molar-refractivity contribution in [1.82, 2.24) is 10.2 Å². The monoisotopic (exact) mass is 324 g/mol. The second-order valence-electron chi connectivity index (χ2n) is 5.26. The molecule has 0 aliphatic heterocycles. The molecule has 128 valence electrons. The van der Waals surface area contributed by atoms with Crippen molar-refractivity contribution >= 4 is 12.0 Å². The van der Waals surface area contributed by atoms with Crippen LogP contribution < -0.4 is 10.1 Å². The molecular weight excluding hydrogens is 300 g/mol. The molecule has 23 heavy (non-hydrogen) atoms. The molecule has 1 aromatic carbocycles. The summed E-state index contributed by atoms with van der Waals surface area (Å²) in [6, 6.07) is 7.07. The fourth-order valence-corrected chi connectivity index (χ4v) is 1.83. The Labute approximate surface area is 136 Å². The zero-order valence-corrected chi connectivity index (χ0v) is 13.7. The summed E-state index contributed by atoms with van der Waals surface area (Å²) >= 11 is 0. The van der Waals surface area contributed by atoms with E-state index in [2.05, 4.69) is 5.32 Å². The van der Waals surface area contributed by atoms with Crippen molar-refractivity contribution in [3.63, 3.8) is 0 Å². The van der Waals surface area contributed by atoms with Gasteiger partial charge in [0.05, 0.1) is 12.5 Å². The molecule has 0 saturated carbocycles. The van der Waals surface area contributed by atoms with E-state index in [0.29, 0.717) is 19.8 Å². The first-order valence-electron chi connectivity index (χ1n) is 7.36. The number of methoxy groups -OCH3 is 1. The molecule has 7 heteroatoms. The lowest BCUT2D eigenvalue weighted by Crippen LogP contribution is -2.40. The number of urea groups is 1. The van der Waals surface area contributed by atoms with Crippen LogP contribution in [0.3, 0.4) is 0 Å². The van der Waals surface area contributed by atoms with Crippen molar-refractivity contribution in [2.75, 3.05) is 33.9 Å². The minimum atomic E-state index is -0.922. The molecule has 1 rings (SSSR count). The number of ether oxygens (including phenoxy) is 2. The summed E-state index contributed by atoms with van der Waals surface area (Å²) in [6.45, 7) is 3.10. The summed E-state index contributed by atoms with van der Waals surface area (Å²) in [7, 11) is 3.19. The fourth-order valence-electron chi connectivity index (χ4n) is 1.83. The van der Waals surface area contributed by atoms with Crippen molar-refractivity contribution in [2.45, 2.75) is 13.5 Å². The number of benzene rings is 1. The van der Waals surface area contributed by atoms with Gasteiger partial charge in [0.1, 0.15) is 12.4 Å². The second-order valence-corrected chi connectivity index (χ2v) is 5.26. The van der Waals surface area contributed by atoms with E-state index in [0.717, 1.165) is 11.3 Å². The highest BCUT2D eigenvalue weighted by Crippen LogP contribution is 2.12. The lowest BCUT2D eigenvalue weighted by molar-refractivity contribution is -0.141. The smallest absolute Gasteiger partial charge is 0.317 e. The molecule has 1 unspecified atom stereocenters. The molecule has 2 N–H and O–H groups in total. The topological polar surface area (TPSA) is 88.1 Å². The van der Waals surface area contributed by atoms with E-state index < -0.39 is 11.9 Å². The van der Waals surface area contributed by atoms with Crippen LogP contribution in [0.15, 0.2) is 24.3 Å². The van der Waals surface area contributed by atoms with Gasteiger partial charge in [-0.2, -0.15) is 0 Å². The quantitative estimate of drug-likeness (QED) is 0.673. The van der Waals surface area contributed by atoms with Crippen LogP contribution in [0.1, 0.15) is 12.5 Å². The second kappa shape index (κ2) is 9.68. The normalized spacial score (nSPS) is 11.6. The molecular formula is C16H24N2O5. The van der Waals surface area contributed by atoms with E-state index in [1.54, 1.807) is 21.1 Å². The number of nitrogens with zero attached hydrogens (tertiary/aromatic N) is 1. The van der Waals surface area contributed by atoms with Crippen LogP contribution in [0, 0.1) is 5.92 Å². The average Bonchev–Trinajstić information content (AvgIpc) is 2.53. The Morgan fingerprint density at radius 1 is 1.26 bits per heavy atom. The fraction of sp³-hybridized carbons (Fsp3) is 0.500. The lowest BCUT2D eigenvalue weighted by atomic mass is 10.2. The van der Waals surface area contributed by atoms with E-state index in [4.69, 9.17) is 14.6 Å². The lowest BCUT2D eigenvalue weighted by Gasteiger charge is -2.20. The summed E-state index contributed by atoms with van der Waals surface area (Å²) in [6.07, 6.45) is 0. The molecule has 0 spiro atoms. The summed E-state index contributed by atoms with van der Waals surface area (Å²) in [5.41, 5.74) is 0.928. The third-order valence-electron chi connectivity index (χ3n) is 3.24. The molecule has 0 bridgehead atoms. The zero-order chi connectivity index (χ0) is 17.2. The molecule has 0 aliphatic carbocycles. The maximum atomic E-state index is 11.9. The van der Waals surface area contributed by atoms with E-state index in [1.165, 1.54) is 4.90 Å². The van der Waals surface area contributed by atoms with Gasteiger partial charge in [-0.15, -0.1) is 0 Å². The number of hydrogen-bond acceptors (Lipinski definition) is 4. The van der Waals surface area contributed by atoms with Crippen LogP contribution in [0.5, 0.6) is 5.75 Å². The van der Waals surface area contributed by atoms with Gasteiger partial charge in [0.25, 0.3) is 0 Å². The molecule has 1 aromatic rings. The number of hydrogen-bond donors (Lipinski definition) is 2. The number of carbonyl (C=O) groups is 2. The van der Waals surface area contributed by atoms with Gasteiger partial charge >= 0.3 is 12.0 Å². The van der Waals surface area contributed by atoms with Gasteiger partial charge in [-0.25, -0.2) is 4.79 Å².